The first-order chi connectivity index (χ1) is 16.5. The molecule has 2 N–H and O–H groups in total. The van der Waals surface area contributed by atoms with Crippen LogP contribution in [0.3, 0.4) is 0 Å². The minimum Gasteiger partial charge on any atom is -0.503 e. The number of rotatable bonds is 7. The molecule has 0 saturated carbocycles. The Morgan fingerprint density at radius 1 is 1.29 bits per heavy atom. The van der Waals surface area contributed by atoms with Crippen molar-refractivity contribution in [2.75, 3.05) is 20.3 Å². The lowest BCUT2D eigenvalue weighted by Gasteiger charge is -2.36. The molecule has 35 heavy (non-hydrogen) atoms. The number of benzene rings is 1. The summed E-state index contributed by atoms with van der Waals surface area (Å²) in [6, 6.07) is 0.116. The summed E-state index contributed by atoms with van der Waals surface area (Å²) in [5.74, 6) is -6.43. The van der Waals surface area contributed by atoms with E-state index in [0.717, 1.165) is 6.20 Å². The minimum absolute atomic E-state index is 0.0343. The number of carbonyl (C=O) groups excluding carboxylic acids is 2. The van der Waals surface area contributed by atoms with E-state index in [9.17, 15) is 37.1 Å². The average molecular weight is 498 g/mol. The topological polar surface area (TPSA) is 113 Å². The van der Waals surface area contributed by atoms with E-state index >= 15 is 0 Å². The lowest BCUT2D eigenvalue weighted by atomic mass is 10.0. The Hall–Kier alpha value is -3.90. The van der Waals surface area contributed by atoms with Crippen LogP contribution >= 0.6 is 0 Å². The highest BCUT2D eigenvalue weighted by Crippen LogP contribution is 2.29. The summed E-state index contributed by atoms with van der Waals surface area (Å²) in [6.45, 7) is 1.42. The maximum absolute atomic E-state index is 13.9. The van der Waals surface area contributed by atoms with Gasteiger partial charge in [0.25, 0.3) is 11.8 Å². The van der Waals surface area contributed by atoms with Crippen LogP contribution in [0, 0.1) is 17.5 Å². The number of aromatic nitrogens is 1. The number of halogens is 4. The maximum atomic E-state index is 13.9. The molecule has 188 valence electrons. The molecule has 0 bridgehead atoms. The van der Waals surface area contributed by atoms with Crippen LogP contribution in [0.5, 0.6) is 5.75 Å². The summed E-state index contributed by atoms with van der Waals surface area (Å²) in [5, 5.41) is 16.3. The number of fused-ring (bicyclic) bond motifs is 1. The van der Waals surface area contributed by atoms with Crippen molar-refractivity contribution in [3.8, 4) is 5.75 Å². The number of pyridine rings is 1. The van der Waals surface area contributed by atoms with E-state index in [1.54, 1.807) is 6.92 Å². The standard InChI is InChI=1S/C22H22F4N4O5/c1-10(6-23)28-35-11(2)17-9-29(3)22(34)18-20(32)19(31)14(8-30(17)18)21(33)27-7-13-15(25)4-12(24)5-16(13)26/h4-5,8,11,17,32H,6-7,9H2,1-3H3,(H,27,33)/b28-10+. The van der Waals surface area contributed by atoms with Gasteiger partial charge in [-0.25, -0.2) is 17.6 Å². The highest BCUT2D eigenvalue weighted by Gasteiger charge is 2.37. The Labute approximate surface area is 196 Å². The first kappa shape index (κ1) is 25.7. The summed E-state index contributed by atoms with van der Waals surface area (Å²) in [5.41, 5.74) is -2.79. The lowest BCUT2D eigenvalue weighted by Crippen LogP contribution is -2.46. The molecule has 0 saturated heterocycles. The molecular weight excluding hydrogens is 476 g/mol. The molecule has 2 heterocycles. The molecule has 0 aliphatic carbocycles. The Balaban J connectivity index is 1.98. The van der Waals surface area contributed by atoms with Crippen LogP contribution in [0.1, 0.15) is 46.3 Å². The number of nitrogens with one attached hydrogen (secondary N) is 1. The third-order valence-electron chi connectivity index (χ3n) is 5.46. The van der Waals surface area contributed by atoms with Crippen molar-refractivity contribution < 1.29 is 37.1 Å². The zero-order chi connectivity index (χ0) is 26.0. The smallest absolute Gasteiger partial charge is 0.274 e. The van der Waals surface area contributed by atoms with Gasteiger partial charge in [-0.1, -0.05) is 5.16 Å². The summed E-state index contributed by atoms with van der Waals surface area (Å²) >= 11 is 0. The Bertz CT molecular complexity index is 1240. The quantitative estimate of drug-likeness (QED) is 0.346. The SMILES string of the molecule is C/C(CF)=N\OC(C)C1CN(C)C(=O)c2c(O)c(=O)c(C(=O)NCc3c(F)cc(F)cc3F)cn21. The predicted molar refractivity (Wildman–Crippen MR) is 115 cm³/mol. The molecule has 2 aromatic rings. The van der Waals surface area contributed by atoms with Gasteiger partial charge in [0.05, 0.1) is 11.8 Å². The summed E-state index contributed by atoms with van der Waals surface area (Å²) in [4.78, 5) is 44.5. The number of nitrogens with zero attached hydrogens (tertiary/aromatic N) is 3. The number of likely N-dealkylation sites (N-methyl/N-ethyl adjacent to an activating group) is 1. The van der Waals surface area contributed by atoms with Crippen LogP contribution < -0.4 is 10.7 Å². The molecule has 9 nitrogen and oxygen atoms in total. The van der Waals surface area contributed by atoms with Crippen molar-refractivity contribution in [2.45, 2.75) is 32.5 Å². The molecule has 1 aliphatic rings. The van der Waals surface area contributed by atoms with Crippen LogP contribution in [0.4, 0.5) is 17.6 Å². The number of alkyl halides is 1. The van der Waals surface area contributed by atoms with Gasteiger partial charge in [-0.15, -0.1) is 0 Å². The van der Waals surface area contributed by atoms with E-state index in [1.807, 2.05) is 0 Å². The van der Waals surface area contributed by atoms with Crippen molar-refractivity contribution in [3.63, 3.8) is 0 Å². The monoisotopic (exact) mass is 498 g/mol. The van der Waals surface area contributed by atoms with Gasteiger partial charge < -0.3 is 24.7 Å². The molecule has 2 amide bonds. The van der Waals surface area contributed by atoms with Gasteiger partial charge in [0.1, 0.15) is 35.8 Å². The van der Waals surface area contributed by atoms with Crippen LogP contribution in [0.15, 0.2) is 28.3 Å². The maximum Gasteiger partial charge on any atom is 0.274 e. The third-order valence-corrected chi connectivity index (χ3v) is 5.46. The molecule has 0 radical (unpaired) electrons. The number of hydrogen-bond donors (Lipinski definition) is 2. The fourth-order valence-corrected chi connectivity index (χ4v) is 3.53. The molecule has 1 aromatic carbocycles. The van der Waals surface area contributed by atoms with Gasteiger partial charge in [0, 0.05) is 44.0 Å². The number of amides is 2. The first-order valence-electron chi connectivity index (χ1n) is 10.4. The Morgan fingerprint density at radius 3 is 2.51 bits per heavy atom. The molecular formula is C22H22F4N4O5. The summed E-state index contributed by atoms with van der Waals surface area (Å²) < 4.78 is 54.7. The molecule has 13 heteroatoms. The second kappa shape index (κ2) is 10.2. The normalized spacial score (nSPS) is 16.7. The van der Waals surface area contributed by atoms with Gasteiger partial charge in [-0.2, -0.15) is 0 Å². The lowest BCUT2D eigenvalue weighted by molar-refractivity contribution is 0.0139. The summed E-state index contributed by atoms with van der Waals surface area (Å²) in [6.07, 6.45) is 0.219. The van der Waals surface area contributed by atoms with Crippen LogP contribution in [0.25, 0.3) is 0 Å². The summed E-state index contributed by atoms with van der Waals surface area (Å²) in [7, 11) is 1.43. The fourth-order valence-electron chi connectivity index (χ4n) is 3.53. The van der Waals surface area contributed by atoms with Crippen molar-refractivity contribution in [1.29, 1.82) is 0 Å². The first-order valence-corrected chi connectivity index (χ1v) is 10.4. The van der Waals surface area contributed by atoms with Gasteiger partial charge in [-0.05, 0) is 13.8 Å². The second-order valence-corrected chi connectivity index (χ2v) is 8.03. The number of hydrogen-bond acceptors (Lipinski definition) is 6. The average Bonchev–Trinajstić information content (AvgIpc) is 2.80. The molecule has 1 aliphatic heterocycles. The third kappa shape index (κ3) is 5.12. The van der Waals surface area contributed by atoms with E-state index in [-0.39, 0.29) is 12.3 Å². The van der Waals surface area contributed by atoms with Crippen molar-refractivity contribution in [1.82, 2.24) is 14.8 Å². The van der Waals surface area contributed by atoms with Crippen molar-refractivity contribution >= 4 is 17.5 Å². The number of carbonyl (C=O) groups is 2. The molecule has 1 aromatic heterocycles. The van der Waals surface area contributed by atoms with E-state index in [2.05, 4.69) is 10.5 Å². The molecule has 0 spiro atoms. The second-order valence-electron chi connectivity index (χ2n) is 8.03. The largest absolute Gasteiger partial charge is 0.503 e. The highest BCUT2D eigenvalue weighted by atomic mass is 19.1. The van der Waals surface area contributed by atoms with E-state index in [0.29, 0.717) is 12.1 Å². The van der Waals surface area contributed by atoms with E-state index < -0.39 is 82.6 Å². The van der Waals surface area contributed by atoms with Crippen molar-refractivity contribution in [3.05, 3.63) is 62.8 Å². The molecule has 0 fully saturated rings. The Kier molecular flexibility index (Phi) is 7.46. The zero-order valence-corrected chi connectivity index (χ0v) is 18.9. The van der Waals surface area contributed by atoms with Gasteiger partial charge in [-0.3, -0.25) is 14.4 Å². The van der Waals surface area contributed by atoms with Crippen LogP contribution in [-0.2, 0) is 11.4 Å². The van der Waals surface area contributed by atoms with Gasteiger partial charge in [0.15, 0.2) is 11.4 Å². The number of aromatic hydroxyl groups is 1. The molecule has 2 unspecified atom stereocenters. The fraction of sp³-hybridized carbons (Fsp3) is 0.364. The van der Waals surface area contributed by atoms with E-state index in [1.165, 1.54) is 23.4 Å². The predicted octanol–water partition coefficient (Wildman–Crippen LogP) is 2.28. The van der Waals surface area contributed by atoms with Gasteiger partial charge in [0.2, 0.25) is 5.43 Å². The van der Waals surface area contributed by atoms with Crippen LogP contribution in [0.2, 0.25) is 0 Å². The number of oxime groups is 1. The van der Waals surface area contributed by atoms with Crippen molar-refractivity contribution in [2.24, 2.45) is 5.16 Å². The molecule has 2 atom stereocenters. The van der Waals surface area contributed by atoms with Gasteiger partial charge >= 0.3 is 0 Å². The zero-order valence-electron chi connectivity index (χ0n) is 18.9. The Morgan fingerprint density at radius 2 is 1.91 bits per heavy atom. The van der Waals surface area contributed by atoms with Crippen LogP contribution in [-0.4, -0.2) is 58.5 Å². The van der Waals surface area contributed by atoms with E-state index in [4.69, 9.17) is 4.84 Å². The molecule has 3 rings (SSSR count). The highest BCUT2D eigenvalue weighted by molar-refractivity contribution is 5.99. The minimum atomic E-state index is -1.24.